The molecule has 0 heterocycles. The second kappa shape index (κ2) is 5.93. The topological polar surface area (TPSA) is 104 Å². The van der Waals surface area contributed by atoms with Gasteiger partial charge in [0.15, 0.2) is 0 Å². The average Bonchev–Trinajstić information content (AvgIpc) is 2.02. The lowest BCUT2D eigenvalue weighted by molar-refractivity contribution is -0.118. The van der Waals surface area contributed by atoms with Gasteiger partial charge in [-0.05, 0) is 12.8 Å². The predicted molar refractivity (Wildman–Crippen MR) is 42.1 cm³/mol. The van der Waals surface area contributed by atoms with E-state index >= 15 is 0 Å². The smallest absolute Gasteiger partial charge is 0.217 e. The minimum Gasteiger partial charge on any atom is -0.394 e. The van der Waals surface area contributed by atoms with Crippen molar-refractivity contribution < 1.29 is 20.1 Å². The van der Waals surface area contributed by atoms with Gasteiger partial charge in [0.25, 0.3) is 0 Å². The third kappa shape index (κ3) is 5.06. The molecule has 0 aromatic carbocycles. The first-order valence-corrected chi connectivity index (χ1v) is 3.83. The molecule has 2 unspecified atom stereocenters. The van der Waals surface area contributed by atoms with Crippen molar-refractivity contribution in [2.45, 2.75) is 31.5 Å². The van der Waals surface area contributed by atoms with E-state index in [2.05, 4.69) is 0 Å². The number of rotatable bonds is 6. The van der Waals surface area contributed by atoms with Gasteiger partial charge in [-0.1, -0.05) is 0 Å². The molecule has 5 nitrogen and oxygen atoms in total. The summed E-state index contributed by atoms with van der Waals surface area (Å²) >= 11 is 0. The first-order chi connectivity index (χ1) is 5.57. The van der Waals surface area contributed by atoms with E-state index in [9.17, 15) is 4.79 Å². The van der Waals surface area contributed by atoms with E-state index in [0.717, 1.165) is 0 Å². The molecule has 0 saturated heterocycles. The molecule has 0 aliphatic heterocycles. The van der Waals surface area contributed by atoms with Crippen LogP contribution < -0.4 is 5.73 Å². The van der Waals surface area contributed by atoms with Crippen LogP contribution in [0.15, 0.2) is 0 Å². The molecule has 0 fully saturated rings. The third-order valence-corrected chi connectivity index (χ3v) is 1.55. The molecule has 0 aromatic heterocycles. The Bertz CT molecular complexity index is 139. The summed E-state index contributed by atoms with van der Waals surface area (Å²) in [5.74, 6) is -0.430. The average molecular weight is 177 g/mol. The number of hydrogen-bond acceptors (Lipinski definition) is 4. The molecule has 12 heavy (non-hydrogen) atoms. The zero-order valence-electron chi connectivity index (χ0n) is 6.81. The van der Waals surface area contributed by atoms with E-state index < -0.39 is 24.7 Å². The normalized spacial score (nSPS) is 15.6. The van der Waals surface area contributed by atoms with Crippen LogP contribution in [0.4, 0.5) is 0 Å². The fourth-order valence-electron chi connectivity index (χ4n) is 0.799. The summed E-state index contributed by atoms with van der Waals surface area (Å²) in [6, 6.07) is 0. The molecule has 2 atom stereocenters. The van der Waals surface area contributed by atoms with E-state index in [1.54, 1.807) is 0 Å². The highest BCUT2D eigenvalue weighted by molar-refractivity contribution is 5.73. The first kappa shape index (κ1) is 11.4. The number of carbonyl (C=O) groups excluding carboxylic acids is 1. The van der Waals surface area contributed by atoms with Gasteiger partial charge in [0, 0.05) is 6.42 Å². The van der Waals surface area contributed by atoms with Crippen LogP contribution >= 0.6 is 0 Å². The molecule has 0 aliphatic rings. The van der Waals surface area contributed by atoms with Crippen molar-refractivity contribution in [1.29, 1.82) is 0 Å². The van der Waals surface area contributed by atoms with Gasteiger partial charge in [-0.2, -0.15) is 0 Å². The maximum absolute atomic E-state index is 10.2. The maximum atomic E-state index is 10.2. The molecular formula is C7H15NO4. The monoisotopic (exact) mass is 177 g/mol. The Hall–Kier alpha value is -0.650. The summed E-state index contributed by atoms with van der Waals surface area (Å²) < 4.78 is 0. The van der Waals surface area contributed by atoms with Crippen LogP contribution in [0.5, 0.6) is 0 Å². The van der Waals surface area contributed by atoms with Gasteiger partial charge in [0.05, 0.1) is 12.7 Å². The summed E-state index contributed by atoms with van der Waals surface area (Å²) in [6.45, 7) is -0.474. The van der Waals surface area contributed by atoms with E-state index in [4.69, 9.17) is 21.1 Å². The van der Waals surface area contributed by atoms with Gasteiger partial charge >= 0.3 is 0 Å². The third-order valence-electron chi connectivity index (χ3n) is 1.55. The van der Waals surface area contributed by atoms with Gasteiger partial charge in [-0.25, -0.2) is 0 Å². The summed E-state index contributed by atoms with van der Waals surface area (Å²) in [7, 11) is 0. The van der Waals surface area contributed by atoms with Crippen molar-refractivity contribution in [2.24, 2.45) is 5.73 Å². The SMILES string of the molecule is NC(=O)CCCC(O)C(O)CO. The first-order valence-electron chi connectivity index (χ1n) is 3.83. The van der Waals surface area contributed by atoms with Crippen molar-refractivity contribution in [2.75, 3.05) is 6.61 Å². The summed E-state index contributed by atoms with van der Waals surface area (Å²) in [5, 5.41) is 26.4. The standard InChI is InChI=1S/C7H15NO4/c8-7(12)3-1-2-5(10)6(11)4-9/h5-6,9-11H,1-4H2,(H2,8,12). The predicted octanol–water partition coefficient (Wildman–Crippen LogP) is -1.64. The highest BCUT2D eigenvalue weighted by atomic mass is 16.4. The highest BCUT2D eigenvalue weighted by Gasteiger charge is 2.14. The molecule has 1 amide bonds. The van der Waals surface area contributed by atoms with Gasteiger partial charge in [0.2, 0.25) is 5.91 Å². The van der Waals surface area contributed by atoms with E-state index in [1.807, 2.05) is 0 Å². The minimum absolute atomic E-state index is 0.190. The molecule has 0 spiro atoms. The van der Waals surface area contributed by atoms with Crippen LogP contribution in [0.3, 0.4) is 0 Å². The second-order valence-electron chi connectivity index (χ2n) is 2.68. The zero-order chi connectivity index (χ0) is 9.56. The lowest BCUT2D eigenvalue weighted by Crippen LogP contribution is -2.29. The minimum atomic E-state index is -1.13. The van der Waals surface area contributed by atoms with Crippen LogP contribution in [0.2, 0.25) is 0 Å². The Labute approximate surface area is 70.8 Å². The van der Waals surface area contributed by atoms with E-state index in [-0.39, 0.29) is 12.8 Å². The van der Waals surface area contributed by atoms with Crippen LogP contribution in [0.25, 0.3) is 0 Å². The van der Waals surface area contributed by atoms with Gasteiger partial charge in [-0.3, -0.25) is 4.79 Å². The molecular weight excluding hydrogens is 162 g/mol. The molecule has 0 bridgehead atoms. The molecule has 5 heteroatoms. The molecule has 5 N–H and O–H groups in total. The Morgan fingerprint density at radius 3 is 2.33 bits per heavy atom. The van der Waals surface area contributed by atoms with Crippen LogP contribution in [0, 0.1) is 0 Å². The second-order valence-corrected chi connectivity index (χ2v) is 2.68. The zero-order valence-corrected chi connectivity index (χ0v) is 6.81. The molecule has 72 valence electrons. The largest absolute Gasteiger partial charge is 0.394 e. The summed E-state index contributed by atoms with van der Waals surface area (Å²) in [6.07, 6.45) is -1.22. The molecule has 0 aromatic rings. The fourth-order valence-corrected chi connectivity index (χ4v) is 0.799. The van der Waals surface area contributed by atoms with Crippen molar-refractivity contribution in [1.82, 2.24) is 0 Å². The number of aliphatic hydroxyl groups excluding tert-OH is 3. The fraction of sp³-hybridized carbons (Fsp3) is 0.857. The number of carbonyl (C=O) groups is 1. The lowest BCUT2D eigenvalue weighted by atomic mass is 10.1. The van der Waals surface area contributed by atoms with Gasteiger partial charge in [-0.15, -0.1) is 0 Å². The highest BCUT2D eigenvalue weighted by Crippen LogP contribution is 2.04. The Morgan fingerprint density at radius 1 is 1.33 bits per heavy atom. The number of amides is 1. The quantitative estimate of drug-likeness (QED) is 0.390. The Morgan fingerprint density at radius 2 is 1.92 bits per heavy atom. The van der Waals surface area contributed by atoms with Crippen molar-refractivity contribution >= 4 is 5.91 Å². The molecule has 0 radical (unpaired) electrons. The van der Waals surface area contributed by atoms with Gasteiger partial charge in [0.1, 0.15) is 6.10 Å². The lowest BCUT2D eigenvalue weighted by Gasteiger charge is -2.14. The van der Waals surface area contributed by atoms with Crippen LogP contribution in [-0.2, 0) is 4.79 Å². The summed E-state index contributed by atoms with van der Waals surface area (Å²) in [5.41, 5.74) is 4.85. The van der Waals surface area contributed by atoms with Gasteiger partial charge < -0.3 is 21.1 Å². The summed E-state index contributed by atoms with van der Waals surface area (Å²) in [4.78, 5) is 10.2. The number of hydrogen-bond donors (Lipinski definition) is 4. The van der Waals surface area contributed by atoms with Crippen LogP contribution in [-0.4, -0.2) is 40.0 Å². The van der Waals surface area contributed by atoms with Crippen molar-refractivity contribution in [3.05, 3.63) is 0 Å². The number of primary amides is 1. The van der Waals surface area contributed by atoms with Crippen LogP contribution in [0.1, 0.15) is 19.3 Å². The van der Waals surface area contributed by atoms with Crippen molar-refractivity contribution in [3.8, 4) is 0 Å². The Balaban J connectivity index is 3.43. The molecule has 0 saturated carbocycles. The number of aliphatic hydroxyl groups is 3. The molecule has 0 aliphatic carbocycles. The van der Waals surface area contributed by atoms with E-state index in [1.165, 1.54) is 0 Å². The number of nitrogens with two attached hydrogens (primary N) is 1. The van der Waals surface area contributed by atoms with Crippen molar-refractivity contribution in [3.63, 3.8) is 0 Å². The molecule has 0 rings (SSSR count). The van der Waals surface area contributed by atoms with E-state index in [0.29, 0.717) is 6.42 Å². The Kier molecular flexibility index (Phi) is 5.61. The maximum Gasteiger partial charge on any atom is 0.217 e.